The van der Waals surface area contributed by atoms with Crippen LogP contribution in [0.5, 0.6) is 0 Å². The number of nitrogens with one attached hydrogen (secondary N) is 1. The molecule has 4 nitrogen and oxygen atoms in total. The second-order valence-electron chi connectivity index (χ2n) is 5.32. The smallest absolute Gasteiger partial charge is 0.321 e. The molecule has 19 heavy (non-hydrogen) atoms. The molecule has 5 heteroatoms. The Kier molecular flexibility index (Phi) is 5.63. The zero-order chi connectivity index (χ0) is 14.5. The normalized spacial score (nSPS) is 11.2. The molecule has 0 spiro atoms. The molecule has 3 N–H and O–H groups in total. The van der Waals surface area contributed by atoms with E-state index in [2.05, 4.69) is 5.32 Å². The van der Waals surface area contributed by atoms with E-state index < -0.39 is 0 Å². The van der Waals surface area contributed by atoms with Crippen LogP contribution < -0.4 is 11.1 Å². The van der Waals surface area contributed by atoms with E-state index in [0.717, 1.165) is 5.69 Å². The minimum atomic E-state index is -0.119. The zero-order valence-electron chi connectivity index (χ0n) is 11.7. The summed E-state index contributed by atoms with van der Waals surface area (Å²) in [6, 6.07) is 6.94. The van der Waals surface area contributed by atoms with Crippen LogP contribution in [0.2, 0.25) is 5.02 Å². The molecule has 0 aromatic heterocycles. The van der Waals surface area contributed by atoms with Crippen LogP contribution in [0.4, 0.5) is 10.5 Å². The maximum atomic E-state index is 12.2. The summed E-state index contributed by atoms with van der Waals surface area (Å²) in [5.41, 5.74) is 6.35. The molecule has 0 aliphatic rings. The zero-order valence-corrected chi connectivity index (χ0v) is 12.5. The summed E-state index contributed by atoms with van der Waals surface area (Å²) in [6.45, 7) is 7.85. The van der Waals surface area contributed by atoms with Crippen molar-refractivity contribution in [3.63, 3.8) is 0 Å². The maximum absolute atomic E-state index is 12.2. The van der Waals surface area contributed by atoms with Crippen molar-refractivity contribution in [1.29, 1.82) is 0 Å². The number of amides is 2. The van der Waals surface area contributed by atoms with Gasteiger partial charge in [0.05, 0.1) is 0 Å². The van der Waals surface area contributed by atoms with Gasteiger partial charge in [-0.05, 0) is 43.1 Å². The fourth-order valence-corrected chi connectivity index (χ4v) is 1.77. The van der Waals surface area contributed by atoms with Gasteiger partial charge in [0, 0.05) is 23.8 Å². The van der Waals surface area contributed by atoms with Gasteiger partial charge in [-0.1, -0.05) is 25.4 Å². The van der Waals surface area contributed by atoms with E-state index in [-0.39, 0.29) is 11.4 Å². The summed E-state index contributed by atoms with van der Waals surface area (Å²) >= 11 is 5.81. The fraction of sp³-hybridized carbons (Fsp3) is 0.500. The molecule has 106 valence electrons. The highest BCUT2D eigenvalue weighted by Gasteiger charge is 2.22. The molecule has 2 amide bonds. The monoisotopic (exact) mass is 283 g/mol. The van der Waals surface area contributed by atoms with Crippen molar-refractivity contribution in [3.8, 4) is 0 Å². The van der Waals surface area contributed by atoms with E-state index in [0.29, 0.717) is 24.7 Å². The molecule has 0 radical (unpaired) electrons. The van der Waals surface area contributed by atoms with E-state index in [1.165, 1.54) is 0 Å². The molecular weight excluding hydrogens is 262 g/mol. The number of carbonyl (C=O) groups excluding carboxylic acids is 1. The van der Waals surface area contributed by atoms with Gasteiger partial charge in [-0.25, -0.2) is 4.79 Å². The topological polar surface area (TPSA) is 58.4 Å². The quantitative estimate of drug-likeness (QED) is 0.872. The first-order chi connectivity index (χ1) is 8.88. The predicted molar refractivity (Wildman–Crippen MR) is 80.6 cm³/mol. The highest BCUT2D eigenvalue weighted by atomic mass is 35.5. The lowest BCUT2D eigenvalue weighted by Gasteiger charge is -2.31. The maximum Gasteiger partial charge on any atom is 0.321 e. The number of nitrogens with zero attached hydrogens (tertiary/aromatic N) is 1. The van der Waals surface area contributed by atoms with Gasteiger partial charge in [-0.2, -0.15) is 0 Å². The van der Waals surface area contributed by atoms with Crippen molar-refractivity contribution in [1.82, 2.24) is 4.90 Å². The van der Waals surface area contributed by atoms with E-state index in [1.54, 1.807) is 29.2 Å². The molecular formula is C14H22ClN3O. The molecule has 0 bridgehead atoms. The van der Waals surface area contributed by atoms with Gasteiger partial charge >= 0.3 is 6.03 Å². The van der Waals surface area contributed by atoms with Crippen molar-refractivity contribution in [2.75, 3.05) is 25.0 Å². The van der Waals surface area contributed by atoms with Crippen molar-refractivity contribution in [2.45, 2.75) is 20.8 Å². The number of anilines is 1. The van der Waals surface area contributed by atoms with Crippen molar-refractivity contribution < 1.29 is 4.79 Å². The molecule has 0 atom stereocenters. The molecule has 1 aromatic rings. The largest absolute Gasteiger partial charge is 0.330 e. The van der Waals surface area contributed by atoms with E-state index in [4.69, 9.17) is 17.3 Å². The van der Waals surface area contributed by atoms with Crippen LogP contribution in [-0.4, -0.2) is 30.6 Å². The van der Waals surface area contributed by atoms with Crippen LogP contribution in [0, 0.1) is 5.41 Å². The molecule has 0 aliphatic heterocycles. The lowest BCUT2D eigenvalue weighted by atomic mass is 9.93. The summed E-state index contributed by atoms with van der Waals surface area (Å²) in [5, 5.41) is 3.50. The van der Waals surface area contributed by atoms with Crippen molar-refractivity contribution in [2.24, 2.45) is 11.1 Å². The Balaban J connectivity index is 2.66. The summed E-state index contributed by atoms with van der Waals surface area (Å²) in [7, 11) is 0. The summed E-state index contributed by atoms with van der Waals surface area (Å²) in [6.07, 6.45) is 0. The SMILES string of the molecule is CCN(CC(C)(C)CN)C(=O)Nc1ccc(Cl)cc1. The minimum Gasteiger partial charge on any atom is -0.330 e. The third-order valence-electron chi connectivity index (χ3n) is 2.94. The number of carbonyl (C=O) groups is 1. The standard InChI is InChI=1S/C14H22ClN3O/c1-4-18(10-14(2,3)9-16)13(19)17-12-7-5-11(15)6-8-12/h5-8H,4,9-10,16H2,1-3H3,(H,17,19). The predicted octanol–water partition coefficient (Wildman–Crippen LogP) is 3.18. The molecule has 0 aliphatic carbocycles. The average Bonchev–Trinajstić information content (AvgIpc) is 2.38. The van der Waals surface area contributed by atoms with E-state index in [9.17, 15) is 4.79 Å². The first-order valence-corrected chi connectivity index (χ1v) is 6.77. The van der Waals surface area contributed by atoms with Crippen LogP contribution in [0.15, 0.2) is 24.3 Å². The van der Waals surface area contributed by atoms with Gasteiger partial charge in [0.15, 0.2) is 0 Å². The van der Waals surface area contributed by atoms with Gasteiger partial charge in [0.1, 0.15) is 0 Å². The molecule has 1 rings (SSSR count). The summed E-state index contributed by atoms with van der Waals surface area (Å²) in [5.74, 6) is 0. The van der Waals surface area contributed by atoms with Gasteiger partial charge in [-0.15, -0.1) is 0 Å². The Morgan fingerprint density at radius 1 is 1.37 bits per heavy atom. The van der Waals surface area contributed by atoms with Crippen molar-refractivity contribution >= 4 is 23.3 Å². The highest BCUT2D eigenvalue weighted by molar-refractivity contribution is 6.30. The van der Waals surface area contributed by atoms with E-state index >= 15 is 0 Å². The lowest BCUT2D eigenvalue weighted by Crippen LogP contribution is -2.43. The first-order valence-electron chi connectivity index (χ1n) is 6.39. The van der Waals surface area contributed by atoms with Gasteiger partial charge in [0.25, 0.3) is 0 Å². The van der Waals surface area contributed by atoms with Crippen LogP contribution in [0.25, 0.3) is 0 Å². The summed E-state index contributed by atoms with van der Waals surface area (Å²) < 4.78 is 0. The average molecular weight is 284 g/mol. The van der Waals surface area contributed by atoms with Crippen LogP contribution >= 0.6 is 11.6 Å². The molecule has 0 unspecified atom stereocenters. The van der Waals surface area contributed by atoms with Crippen LogP contribution in [0.3, 0.4) is 0 Å². The number of nitrogens with two attached hydrogens (primary N) is 1. The second-order valence-corrected chi connectivity index (χ2v) is 5.76. The van der Waals surface area contributed by atoms with E-state index in [1.807, 2.05) is 20.8 Å². The molecule has 0 fully saturated rings. The molecule has 0 heterocycles. The number of hydrogen-bond acceptors (Lipinski definition) is 2. The Hall–Kier alpha value is -1.26. The Labute approximate surface area is 119 Å². The number of benzene rings is 1. The third-order valence-corrected chi connectivity index (χ3v) is 3.19. The number of rotatable bonds is 5. The Morgan fingerprint density at radius 2 is 1.95 bits per heavy atom. The molecule has 1 aromatic carbocycles. The number of hydrogen-bond donors (Lipinski definition) is 2. The summed E-state index contributed by atoms with van der Waals surface area (Å²) in [4.78, 5) is 13.9. The van der Waals surface area contributed by atoms with Crippen LogP contribution in [0.1, 0.15) is 20.8 Å². The van der Waals surface area contributed by atoms with Crippen LogP contribution in [-0.2, 0) is 0 Å². The number of urea groups is 1. The highest BCUT2D eigenvalue weighted by Crippen LogP contribution is 2.17. The second kappa shape index (κ2) is 6.78. The van der Waals surface area contributed by atoms with Gasteiger partial charge in [0.2, 0.25) is 0 Å². The van der Waals surface area contributed by atoms with Gasteiger partial charge in [-0.3, -0.25) is 0 Å². The van der Waals surface area contributed by atoms with Crippen molar-refractivity contribution in [3.05, 3.63) is 29.3 Å². The Bertz CT molecular complexity index is 417. The first kappa shape index (κ1) is 15.8. The Morgan fingerprint density at radius 3 is 2.42 bits per heavy atom. The van der Waals surface area contributed by atoms with Gasteiger partial charge < -0.3 is 16.0 Å². The molecule has 0 saturated carbocycles. The number of halogens is 1. The minimum absolute atomic E-state index is 0.0899. The lowest BCUT2D eigenvalue weighted by molar-refractivity contribution is 0.185. The fourth-order valence-electron chi connectivity index (χ4n) is 1.64. The molecule has 0 saturated heterocycles. The third kappa shape index (κ3) is 5.09.